The molecule has 2 aromatic carbocycles. The first-order chi connectivity index (χ1) is 14.5. The minimum absolute atomic E-state index is 0.0643. The molecule has 0 unspecified atom stereocenters. The van der Waals surface area contributed by atoms with Gasteiger partial charge in [-0.25, -0.2) is 9.37 Å². The van der Waals surface area contributed by atoms with Crippen molar-refractivity contribution in [1.29, 1.82) is 0 Å². The average Bonchev–Trinajstić information content (AvgIpc) is 3.16. The Kier molecular flexibility index (Phi) is 5.53. The van der Waals surface area contributed by atoms with Crippen LogP contribution in [0.5, 0.6) is 5.75 Å². The topological polar surface area (TPSA) is 85.6 Å². The molecule has 2 heterocycles. The number of hydrogen-bond acceptors (Lipinski definition) is 6. The lowest BCUT2D eigenvalue weighted by molar-refractivity contribution is -0.123. The molecule has 1 amide bonds. The van der Waals surface area contributed by atoms with Crippen LogP contribution in [0.3, 0.4) is 0 Å². The summed E-state index contributed by atoms with van der Waals surface area (Å²) in [5.41, 5.74) is 2.13. The van der Waals surface area contributed by atoms with Crippen molar-refractivity contribution in [2.75, 3.05) is 6.61 Å². The molecule has 7 nitrogen and oxygen atoms in total. The fraction of sp³-hybridized carbons (Fsp3) is 0.143. The Balaban J connectivity index is 1.43. The monoisotopic (exact) mass is 424 g/mol. The smallest absolute Gasteiger partial charge is 0.275 e. The molecule has 152 valence electrons. The van der Waals surface area contributed by atoms with Crippen molar-refractivity contribution in [3.05, 3.63) is 82.0 Å². The number of nitrogens with one attached hydrogen (secondary N) is 1. The van der Waals surface area contributed by atoms with E-state index in [9.17, 15) is 14.0 Å². The summed E-state index contributed by atoms with van der Waals surface area (Å²) in [6.07, 6.45) is 0. The van der Waals surface area contributed by atoms with Gasteiger partial charge in [-0.05, 0) is 19.1 Å². The fourth-order valence-electron chi connectivity index (χ4n) is 2.71. The van der Waals surface area contributed by atoms with E-state index in [-0.39, 0.29) is 24.5 Å². The van der Waals surface area contributed by atoms with Gasteiger partial charge in [-0.15, -0.1) is 0 Å². The van der Waals surface area contributed by atoms with Crippen molar-refractivity contribution < 1.29 is 13.9 Å². The maximum Gasteiger partial charge on any atom is 0.275 e. The number of aromatic nitrogens is 3. The van der Waals surface area contributed by atoms with Crippen LogP contribution >= 0.6 is 11.3 Å². The molecule has 0 aliphatic rings. The van der Waals surface area contributed by atoms with E-state index < -0.39 is 11.7 Å². The molecule has 1 N–H and O–H groups in total. The standard InChI is InChI=1S/C21H17FN4O3S/c1-13-5-7-14(8-6-13)20-25-26-19(28)10-16(24-21(26)30-20)11-23-18(27)12-29-17-4-2-3-15(22)9-17/h2-10H,11-12H2,1H3,(H,23,27). The van der Waals surface area contributed by atoms with Crippen molar-refractivity contribution in [3.63, 3.8) is 0 Å². The number of rotatable bonds is 6. The third kappa shape index (κ3) is 4.52. The SMILES string of the molecule is Cc1ccc(-c2nn3c(=O)cc(CNC(=O)COc4cccc(F)c4)nc3s2)cc1. The van der Waals surface area contributed by atoms with Crippen molar-refractivity contribution in [2.45, 2.75) is 13.5 Å². The van der Waals surface area contributed by atoms with Gasteiger partial charge in [0.25, 0.3) is 11.5 Å². The van der Waals surface area contributed by atoms with E-state index in [0.29, 0.717) is 15.7 Å². The molecule has 0 aliphatic heterocycles. The van der Waals surface area contributed by atoms with Crippen molar-refractivity contribution >= 4 is 22.2 Å². The van der Waals surface area contributed by atoms with Crippen LogP contribution in [0.4, 0.5) is 4.39 Å². The van der Waals surface area contributed by atoms with Gasteiger partial charge >= 0.3 is 0 Å². The van der Waals surface area contributed by atoms with Gasteiger partial charge < -0.3 is 10.1 Å². The van der Waals surface area contributed by atoms with Crippen molar-refractivity contribution in [3.8, 4) is 16.3 Å². The number of nitrogens with zero attached hydrogens (tertiary/aromatic N) is 3. The minimum Gasteiger partial charge on any atom is -0.484 e. The summed E-state index contributed by atoms with van der Waals surface area (Å²) >= 11 is 1.30. The Hall–Kier alpha value is -3.59. The quantitative estimate of drug-likeness (QED) is 0.514. The summed E-state index contributed by atoms with van der Waals surface area (Å²) in [4.78, 5) is 29.2. The molecular formula is C21H17FN4O3S. The highest BCUT2D eigenvalue weighted by Gasteiger charge is 2.11. The normalized spacial score (nSPS) is 10.9. The Morgan fingerprint density at radius 2 is 2.00 bits per heavy atom. The summed E-state index contributed by atoms with van der Waals surface area (Å²) < 4.78 is 19.6. The van der Waals surface area contributed by atoms with E-state index in [1.165, 1.54) is 40.1 Å². The first-order valence-corrected chi connectivity index (χ1v) is 9.91. The molecule has 0 atom stereocenters. The van der Waals surface area contributed by atoms with E-state index in [0.717, 1.165) is 11.1 Å². The molecule has 4 rings (SSSR count). The van der Waals surface area contributed by atoms with Gasteiger partial charge in [-0.2, -0.15) is 9.61 Å². The molecule has 0 radical (unpaired) electrons. The van der Waals surface area contributed by atoms with Crippen molar-refractivity contribution in [1.82, 2.24) is 19.9 Å². The van der Waals surface area contributed by atoms with Crippen LogP contribution < -0.4 is 15.6 Å². The van der Waals surface area contributed by atoms with Gasteiger partial charge in [-0.1, -0.05) is 47.2 Å². The highest BCUT2D eigenvalue weighted by Crippen LogP contribution is 2.24. The maximum absolute atomic E-state index is 13.1. The molecule has 30 heavy (non-hydrogen) atoms. The first kappa shape index (κ1) is 19.7. The number of halogens is 1. The van der Waals surface area contributed by atoms with Gasteiger partial charge in [0.05, 0.1) is 12.2 Å². The number of aryl methyl sites for hydroxylation is 1. The average molecular weight is 424 g/mol. The number of fused-ring (bicyclic) bond motifs is 1. The molecule has 2 aromatic heterocycles. The molecule has 0 spiro atoms. The Morgan fingerprint density at radius 1 is 1.20 bits per heavy atom. The largest absolute Gasteiger partial charge is 0.484 e. The van der Waals surface area contributed by atoms with Crippen LogP contribution in [0, 0.1) is 12.7 Å². The summed E-state index contributed by atoms with van der Waals surface area (Å²) in [6.45, 7) is 1.79. The number of carbonyl (C=O) groups excluding carboxylic acids is 1. The van der Waals surface area contributed by atoms with E-state index in [2.05, 4.69) is 15.4 Å². The van der Waals surface area contributed by atoms with Crippen LogP contribution in [0.2, 0.25) is 0 Å². The van der Waals surface area contributed by atoms with E-state index in [4.69, 9.17) is 4.74 Å². The van der Waals surface area contributed by atoms with Crippen LogP contribution in [-0.2, 0) is 11.3 Å². The zero-order valence-corrected chi connectivity index (χ0v) is 16.8. The second-order valence-corrected chi connectivity index (χ2v) is 7.53. The zero-order chi connectivity index (χ0) is 21.1. The zero-order valence-electron chi connectivity index (χ0n) is 16.0. The Bertz CT molecular complexity index is 1270. The first-order valence-electron chi connectivity index (χ1n) is 9.10. The Morgan fingerprint density at radius 3 is 2.77 bits per heavy atom. The van der Waals surface area contributed by atoms with Gasteiger partial charge in [0.15, 0.2) is 6.61 Å². The summed E-state index contributed by atoms with van der Waals surface area (Å²) in [5.74, 6) is -0.595. The maximum atomic E-state index is 13.1. The molecule has 0 aliphatic carbocycles. The van der Waals surface area contributed by atoms with Gasteiger partial charge in [0.2, 0.25) is 4.96 Å². The van der Waals surface area contributed by atoms with Gasteiger partial charge in [0.1, 0.15) is 16.6 Å². The molecule has 0 bridgehead atoms. The third-order valence-corrected chi connectivity index (χ3v) is 5.19. The van der Waals surface area contributed by atoms with E-state index >= 15 is 0 Å². The van der Waals surface area contributed by atoms with Crippen molar-refractivity contribution in [2.24, 2.45) is 0 Å². The second-order valence-electron chi connectivity index (χ2n) is 6.58. The highest BCUT2D eigenvalue weighted by molar-refractivity contribution is 7.19. The second kappa shape index (κ2) is 8.42. The van der Waals surface area contributed by atoms with E-state index in [1.54, 1.807) is 6.07 Å². The van der Waals surface area contributed by atoms with Gasteiger partial charge in [0, 0.05) is 17.7 Å². The lowest BCUT2D eigenvalue weighted by Crippen LogP contribution is -2.29. The number of ether oxygens (including phenoxy) is 1. The molecule has 0 saturated carbocycles. The number of amides is 1. The predicted octanol–water partition coefficient (Wildman–Crippen LogP) is 2.96. The number of benzene rings is 2. The van der Waals surface area contributed by atoms with Crippen LogP contribution in [0.25, 0.3) is 15.5 Å². The molecular weight excluding hydrogens is 407 g/mol. The van der Waals surface area contributed by atoms with E-state index in [1.807, 2.05) is 31.2 Å². The highest BCUT2D eigenvalue weighted by atomic mass is 32.1. The third-order valence-electron chi connectivity index (χ3n) is 4.23. The lowest BCUT2D eigenvalue weighted by Gasteiger charge is -2.07. The molecule has 9 heteroatoms. The Labute approximate surface area is 174 Å². The summed E-state index contributed by atoms with van der Waals surface area (Å²) in [7, 11) is 0. The lowest BCUT2D eigenvalue weighted by atomic mass is 10.2. The van der Waals surface area contributed by atoms with Crippen LogP contribution in [0.15, 0.2) is 59.4 Å². The van der Waals surface area contributed by atoms with Crippen LogP contribution in [0.1, 0.15) is 11.3 Å². The summed E-state index contributed by atoms with van der Waals surface area (Å²) in [5, 5.41) is 7.66. The van der Waals surface area contributed by atoms with Gasteiger partial charge in [-0.3, -0.25) is 9.59 Å². The molecule has 0 saturated heterocycles. The minimum atomic E-state index is -0.444. The number of carbonyl (C=O) groups is 1. The number of hydrogen-bond donors (Lipinski definition) is 1. The predicted molar refractivity (Wildman–Crippen MR) is 111 cm³/mol. The van der Waals surface area contributed by atoms with Crippen LogP contribution in [-0.4, -0.2) is 27.1 Å². The summed E-state index contributed by atoms with van der Waals surface area (Å²) in [6, 6.07) is 14.7. The fourth-order valence-corrected chi connectivity index (χ4v) is 3.63. The molecule has 0 fully saturated rings. The molecule has 4 aromatic rings.